The van der Waals surface area contributed by atoms with E-state index in [4.69, 9.17) is 0 Å². The van der Waals surface area contributed by atoms with Crippen LogP contribution in [0.3, 0.4) is 0 Å². The Labute approximate surface area is 110 Å². The molecule has 98 valence electrons. The Bertz CT molecular complexity index is 267. The highest BCUT2D eigenvalue weighted by Crippen LogP contribution is 2.33. The summed E-state index contributed by atoms with van der Waals surface area (Å²) < 4.78 is 0. The van der Waals surface area contributed by atoms with Crippen molar-refractivity contribution in [3.63, 3.8) is 0 Å². The monoisotopic (exact) mass is 258 g/mol. The fourth-order valence-corrected chi connectivity index (χ4v) is 3.21. The third kappa shape index (κ3) is 3.14. The number of hydrogen-bond donors (Lipinski definition) is 2. The molecule has 2 N–H and O–H groups in total. The van der Waals surface area contributed by atoms with Crippen LogP contribution in [0, 0.1) is 11.8 Å². The third-order valence-electron chi connectivity index (χ3n) is 4.44. The molecule has 1 saturated heterocycles. The predicted octanol–water partition coefficient (Wildman–Crippen LogP) is 1.86. The Morgan fingerprint density at radius 2 is 1.94 bits per heavy atom. The first-order valence-electron chi connectivity index (χ1n) is 6.86. The highest BCUT2D eigenvalue weighted by Gasteiger charge is 2.38. The summed E-state index contributed by atoms with van der Waals surface area (Å²) in [5.41, 5.74) is 0. The summed E-state index contributed by atoms with van der Waals surface area (Å²) in [7, 11) is 0. The maximum atomic E-state index is 11.9. The van der Waals surface area contributed by atoms with Gasteiger partial charge in [-0.3, -0.25) is 4.79 Å². The average Bonchev–Trinajstić information content (AvgIpc) is 3.02. The second-order valence-electron chi connectivity index (χ2n) is 5.79. The molecule has 2 aliphatic carbocycles. The molecule has 1 aliphatic heterocycles. The van der Waals surface area contributed by atoms with Gasteiger partial charge in [0, 0.05) is 12.6 Å². The van der Waals surface area contributed by atoms with Crippen molar-refractivity contribution in [2.75, 3.05) is 6.54 Å². The van der Waals surface area contributed by atoms with E-state index in [1.807, 2.05) is 0 Å². The predicted molar refractivity (Wildman–Crippen MR) is 70.3 cm³/mol. The Balaban J connectivity index is 0.00000108. The minimum absolute atomic E-state index is 0. The van der Waals surface area contributed by atoms with Gasteiger partial charge in [-0.05, 0) is 43.9 Å². The van der Waals surface area contributed by atoms with Gasteiger partial charge in [0.05, 0.1) is 6.04 Å². The molecule has 3 unspecified atom stereocenters. The second kappa shape index (κ2) is 5.57. The number of amides is 1. The zero-order valence-corrected chi connectivity index (χ0v) is 11.1. The Morgan fingerprint density at radius 3 is 2.65 bits per heavy atom. The summed E-state index contributed by atoms with van der Waals surface area (Å²) in [6.07, 6.45) is 8.99. The molecular formula is C13H23ClN2O. The van der Waals surface area contributed by atoms with Crippen molar-refractivity contribution in [1.82, 2.24) is 10.6 Å². The topological polar surface area (TPSA) is 41.1 Å². The Hall–Kier alpha value is -0.280. The molecule has 4 heteroatoms. The van der Waals surface area contributed by atoms with Gasteiger partial charge in [-0.25, -0.2) is 0 Å². The molecular weight excluding hydrogens is 236 g/mol. The molecule has 17 heavy (non-hydrogen) atoms. The SMILES string of the molecule is Cl.O=C(NCC1CC1)C1CC2CCCCC2N1. The molecule has 3 atom stereocenters. The van der Waals surface area contributed by atoms with Gasteiger partial charge >= 0.3 is 0 Å². The van der Waals surface area contributed by atoms with E-state index in [0.29, 0.717) is 6.04 Å². The molecule has 1 heterocycles. The first-order chi connectivity index (χ1) is 7.83. The second-order valence-corrected chi connectivity index (χ2v) is 5.79. The fraction of sp³-hybridized carbons (Fsp3) is 0.923. The lowest BCUT2D eigenvalue weighted by Gasteiger charge is -2.24. The number of rotatable bonds is 3. The molecule has 3 aliphatic rings. The summed E-state index contributed by atoms with van der Waals surface area (Å²) >= 11 is 0. The normalized spacial score (nSPS) is 35.9. The van der Waals surface area contributed by atoms with Crippen LogP contribution in [-0.2, 0) is 4.79 Å². The van der Waals surface area contributed by atoms with E-state index in [2.05, 4.69) is 10.6 Å². The number of carbonyl (C=O) groups excluding carboxylic acids is 1. The minimum atomic E-state index is 0. The molecule has 0 spiro atoms. The van der Waals surface area contributed by atoms with Crippen molar-refractivity contribution >= 4 is 18.3 Å². The van der Waals surface area contributed by atoms with Gasteiger partial charge in [0.1, 0.15) is 0 Å². The number of halogens is 1. The van der Waals surface area contributed by atoms with Gasteiger partial charge in [0.2, 0.25) is 5.91 Å². The number of fused-ring (bicyclic) bond motifs is 1. The molecule has 3 fully saturated rings. The van der Waals surface area contributed by atoms with Crippen molar-refractivity contribution in [2.24, 2.45) is 11.8 Å². The zero-order valence-electron chi connectivity index (χ0n) is 10.3. The van der Waals surface area contributed by atoms with E-state index in [1.54, 1.807) is 0 Å². The van der Waals surface area contributed by atoms with E-state index >= 15 is 0 Å². The van der Waals surface area contributed by atoms with Crippen LogP contribution in [0.1, 0.15) is 44.9 Å². The van der Waals surface area contributed by atoms with Crippen molar-refractivity contribution in [2.45, 2.75) is 57.0 Å². The molecule has 3 nitrogen and oxygen atoms in total. The van der Waals surface area contributed by atoms with E-state index in [0.717, 1.165) is 24.8 Å². The first kappa shape index (κ1) is 13.2. The lowest BCUT2D eigenvalue weighted by molar-refractivity contribution is -0.122. The first-order valence-corrected chi connectivity index (χ1v) is 6.86. The lowest BCUT2D eigenvalue weighted by Crippen LogP contribution is -2.43. The largest absolute Gasteiger partial charge is 0.354 e. The number of hydrogen-bond acceptors (Lipinski definition) is 2. The van der Waals surface area contributed by atoms with Crippen LogP contribution in [0.2, 0.25) is 0 Å². The molecule has 1 amide bonds. The van der Waals surface area contributed by atoms with Crippen LogP contribution in [0.25, 0.3) is 0 Å². The fourth-order valence-electron chi connectivity index (χ4n) is 3.21. The third-order valence-corrected chi connectivity index (χ3v) is 4.44. The van der Waals surface area contributed by atoms with Crippen LogP contribution in [-0.4, -0.2) is 24.5 Å². The maximum Gasteiger partial charge on any atom is 0.237 e. The van der Waals surface area contributed by atoms with Crippen molar-refractivity contribution in [3.8, 4) is 0 Å². The van der Waals surface area contributed by atoms with Gasteiger partial charge in [0.25, 0.3) is 0 Å². The quantitative estimate of drug-likeness (QED) is 0.811. The van der Waals surface area contributed by atoms with Crippen LogP contribution in [0.15, 0.2) is 0 Å². The molecule has 2 saturated carbocycles. The average molecular weight is 259 g/mol. The molecule has 0 aromatic rings. The minimum Gasteiger partial charge on any atom is -0.354 e. The van der Waals surface area contributed by atoms with Gasteiger partial charge in [0.15, 0.2) is 0 Å². The van der Waals surface area contributed by atoms with Gasteiger partial charge in [-0.2, -0.15) is 0 Å². The summed E-state index contributed by atoms with van der Waals surface area (Å²) in [5.74, 6) is 1.80. The Morgan fingerprint density at radius 1 is 1.18 bits per heavy atom. The Kier molecular flexibility index (Phi) is 4.31. The maximum absolute atomic E-state index is 11.9. The summed E-state index contributed by atoms with van der Waals surface area (Å²) in [6, 6.07) is 0.734. The zero-order chi connectivity index (χ0) is 11.0. The summed E-state index contributed by atoms with van der Waals surface area (Å²) in [5, 5.41) is 6.62. The van der Waals surface area contributed by atoms with Crippen molar-refractivity contribution < 1.29 is 4.79 Å². The highest BCUT2D eigenvalue weighted by atomic mass is 35.5. The van der Waals surface area contributed by atoms with E-state index in [9.17, 15) is 4.79 Å². The van der Waals surface area contributed by atoms with E-state index < -0.39 is 0 Å². The van der Waals surface area contributed by atoms with Gasteiger partial charge < -0.3 is 10.6 Å². The smallest absolute Gasteiger partial charge is 0.237 e. The highest BCUT2D eigenvalue weighted by molar-refractivity contribution is 5.85. The molecule has 0 aromatic carbocycles. The van der Waals surface area contributed by atoms with E-state index in [1.165, 1.54) is 38.5 Å². The van der Waals surface area contributed by atoms with Crippen molar-refractivity contribution in [3.05, 3.63) is 0 Å². The van der Waals surface area contributed by atoms with Gasteiger partial charge in [-0.15, -0.1) is 12.4 Å². The standard InChI is InChI=1S/C13H22N2O.ClH/c16-13(14-8-9-5-6-9)12-7-10-3-1-2-4-11(10)15-12;/h9-12,15H,1-8H2,(H,14,16);1H. The van der Waals surface area contributed by atoms with Gasteiger partial charge in [-0.1, -0.05) is 12.8 Å². The molecule has 3 rings (SSSR count). The summed E-state index contributed by atoms with van der Waals surface area (Å²) in [6.45, 7) is 0.909. The lowest BCUT2D eigenvalue weighted by atomic mass is 9.85. The van der Waals surface area contributed by atoms with Crippen LogP contribution < -0.4 is 10.6 Å². The van der Waals surface area contributed by atoms with Crippen molar-refractivity contribution in [1.29, 1.82) is 0 Å². The van der Waals surface area contributed by atoms with Crippen LogP contribution in [0.5, 0.6) is 0 Å². The molecule has 0 radical (unpaired) electrons. The molecule has 0 aromatic heterocycles. The van der Waals surface area contributed by atoms with Crippen LogP contribution >= 0.6 is 12.4 Å². The molecule has 0 bridgehead atoms. The van der Waals surface area contributed by atoms with Crippen LogP contribution in [0.4, 0.5) is 0 Å². The van der Waals surface area contributed by atoms with E-state index in [-0.39, 0.29) is 24.4 Å². The summed E-state index contributed by atoms with van der Waals surface area (Å²) in [4.78, 5) is 11.9. The number of nitrogens with one attached hydrogen (secondary N) is 2. The number of carbonyl (C=O) groups is 1.